The molecule has 0 nitrogen and oxygen atoms in total. The van der Waals surface area contributed by atoms with Crippen molar-refractivity contribution >= 4 is 63.8 Å². The molecule has 0 unspecified atom stereocenters. The van der Waals surface area contributed by atoms with E-state index in [1.54, 1.807) is 0 Å². The molecule has 0 saturated heterocycles. The van der Waals surface area contributed by atoms with Crippen LogP contribution in [0.1, 0.15) is 26.7 Å². The molecule has 0 aliphatic rings. The predicted octanol–water partition coefficient (Wildman–Crippen LogP) is 13.6. The summed E-state index contributed by atoms with van der Waals surface area (Å²) in [6.45, 7) is 4.53. The Labute approximate surface area is 274 Å². The molecule has 46 heavy (non-hydrogen) atoms. The molecule has 0 fully saturated rings. The molecule has 0 amide bonds. The van der Waals surface area contributed by atoms with E-state index in [2.05, 4.69) is 147 Å². The van der Waals surface area contributed by atoms with Crippen LogP contribution in [0, 0.1) is 0 Å². The normalized spacial score (nSPS) is 12.2. The van der Waals surface area contributed by atoms with E-state index in [1.807, 2.05) is 23.5 Å². The molecule has 9 rings (SSSR count). The van der Waals surface area contributed by atoms with Gasteiger partial charge in [0.1, 0.15) is 0 Å². The predicted molar refractivity (Wildman–Crippen MR) is 202 cm³/mol. The van der Waals surface area contributed by atoms with Crippen LogP contribution in [0.3, 0.4) is 0 Å². The van der Waals surface area contributed by atoms with Crippen LogP contribution in [-0.4, -0.2) is 0 Å². The molecular formula is C45H32S. The van der Waals surface area contributed by atoms with E-state index in [9.17, 15) is 0 Å². The summed E-state index contributed by atoms with van der Waals surface area (Å²) >= 11 is 1.90. The maximum absolute atomic E-state index is 8.06. The van der Waals surface area contributed by atoms with E-state index < -0.39 is 0 Å². The van der Waals surface area contributed by atoms with Gasteiger partial charge in [-0.25, -0.2) is 0 Å². The van der Waals surface area contributed by atoms with Gasteiger partial charge in [-0.1, -0.05) is 141 Å². The summed E-state index contributed by atoms with van der Waals surface area (Å²) in [7, 11) is 0. The second-order valence-electron chi connectivity index (χ2n) is 12.6. The van der Waals surface area contributed by atoms with Gasteiger partial charge in [0, 0.05) is 20.2 Å². The lowest BCUT2D eigenvalue weighted by molar-refractivity contribution is 0.869. The Kier molecular flexibility index (Phi) is 6.05. The summed E-state index contributed by atoms with van der Waals surface area (Å²) in [6.07, 6.45) is 0. The number of rotatable bonds is 4. The second kappa shape index (κ2) is 10.7. The smallest absolute Gasteiger partial charge is 0.0623 e. The molecule has 0 spiro atoms. The van der Waals surface area contributed by atoms with Gasteiger partial charge in [-0.3, -0.25) is 0 Å². The Bertz CT molecular complexity index is 2620. The molecule has 0 aliphatic heterocycles. The van der Waals surface area contributed by atoms with Crippen molar-refractivity contribution in [3.05, 3.63) is 157 Å². The second-order valence-corrected chi connectivity index (χ2v) is 13.7. The zero-order valence-electron chi connectivity index (χ0n) is 26.8. The molecule has 0 atom stereocenters. The third-order valence-corrected chi connectivity index (χ3v) is 10.7. The van der Waals surface area contributed by atoms with E-state index in [0.29, 0.717) is 12.0 Å². The first-order valence-electron chi connectivity index (χ1n) is 16.5. The first-order valence-corrected chi connectivity index (χ1v) is 16.9. The van der Waals surface area contributed by atoms with Gasteiger partial charge in [0.05, 0.1) is 1.37 Å². The monoisotopic (exact) mass is 605 g/mol. The summed E-state index contributed by atoms with van der Waals surface area (Å²) in [6, 6.07) is 53.7. The van der Waals surface area contributed by atoms with Crippen molar-refractivity contribution in [2.75, 3.05) is 0 Å². The molecule has 0 N–H and O–H groups in total. The zero-order chi connectivity index (χ0) is 31.6. The lowest BCUT2D eigenvalue weighted by Crippen LogP contribution is -1.92. The Hall–Kier alpha value is -5.24. The molecule has 9 aromatic rings. The first-order chi connectivity index (χ1) is 23.0. The van der Waals surface area contributed by atoms with Gasteiger partial charge in [-0.05, 0) is 101 Å². The topological polar surface area (TPSA) is 0 Å². The SMILES string of the molecule is [2H]c1ccc2cc(-c3ccccc3-c3c4ccccc4c(-c4ccc5sc6cc(C(C)C)ccc6c5c4)c4ccccc34)ccc2c1. The van der Waals surface area contributed by atoms with Crippen LogP contribution >= 0.6 is 11.3 Å². The largest absolute Gasteiger partial charge is 0.135 e. The number of thiophene rings is 1. The van der Waals surface area contributed by atoms with Crippen molar-refractivity contribution in [2.24, 2.45) is 0 Å². The molecule has 1 heteroatoms. The molecule has 8 aromatic carbocycles. The summed E-state index contributed by atoms with van der Waals surface area (Å²) in [5.74, 6) is 0.514. The first kappa shape index (κ1) is 26.0. The van der Waals surface area contributed by atoms with Crippen LogP contribution in [0.4, 0.5) is 0 Å². The van der Waals surface area contributed by atoms with Gasteiger partial charge >= 0.3 is 0 Å². The molecule has 0 aliphatic carbocycles. The minimum absolute atomic E-state index is 0.514. The summed E-state index contributed by atoms with van der Waals surface area (Å²) < 4.78 is 10.8. The molecule has 0 saturated carbocycles. The highest BCUT2D eigenvalue weighted by Crippen LogP contribution is 2.47. The van der Waals surface area contributed by atoms with Crippen LogP contribution < -0.4 is 0 Å². The fourth-order valence-corrected chi connectivity index (χ4v) is 8.42. The molecule has 0 bridgehead atoms. The highest BCUT2D eigenvalue weighted by atomic mass is 32.1. The molecule has 1 heterocycles. The third kappa shape index (κ3) is 4.27. The Morgan fingerprint density at radius 3 is 1.87 bits per heavy atom. The highest BCUT2D eigenvalue weighted by molar-refractivity contribution is 7.25. The van der Waals surface area contributed by atoms with Crippen LogP contribution in [-0.2, 0) is 0 Å². The Morgan fingerprint density at radius 2 is 1.13 bits per heavy atom. The quantitative estimate of drug-likeness (QED) is 0.175. The van der Waals surface area contributed by atoms with Crippen molar-refractivity contribution in [3.8, 4) is 33.4 Å². The minimum Gasteiger partial charge on any atom is -0.135 e. The fourth-order valence-electron chi connectivity index (χ4n) is 7.28. The standard InChI is InChI=1S/C45H32S/c1-28(2)30-21-23-35-41-26-33(22-24-42(41)46-43(35)27-30)44-37-15-7-9-17-39(37)45(40-18-10-8-16-38(40)44)36-14-6-5-13-34(36)32-20-19-29-11-3-4-12-31(29)25-32/h3-28H,1-2H3/i3D. The van der Waals surface area contributed by atoms with Crippen molar-refractivity contribution < 1.29 is 1.37 Å². The lowest BCUT2D eigenvalue weighted by Gasteiger charge is -2.20. The van der Waals surface area contributed by atoms with Gasteiger partial charge in [-0.15, -0.1) is 11.3 Å². The average molecular weight is 606 g/mol. The van der Waals surface area contributed by atoms with Crippen LogP contribution in [0.2, 0.25) is 0 Å². The van der Waals surface area contributed by atoms with Crippen molar-refractivity contribution in [1.29, 1.82) is 0 Å². The lowest BCUT2D eigenvalue weighted by atomic mass is 9.83. The van der Waals surface area contributed by atoms with Crippen molar-refractivity contribution in [3.63, 3.8) is 0 Å². The Balaban J connectivity index is 1.30. The van der Waals surface area contributed by atoms with E-state index >= 15 is 0 Å². The van der Waals surface area contributed by atoms with Gasteiger partial charge in [0.2, 0.25) is 0 Å². The summed E-state index contributed by atoms with van der Waals surface area (Å²) in [5, 5.41) is 9.94. The maximum atomic E-state index is 8.06. The van der Waals surface area contributed by atoms with Crippen LogP contribution in [0.25, 0.3) is 85.9 Å². The van der Waals surface area contributed by atoms with Gasteiger partial charge < -0.3 is 0 Å². The van der Waals surface area contributed by atoms with Crippen LogP contribution in [0.15, 0.2) is 152 Å². The third-order valence-electron chi connectivity index (χ3n) is 9.57. The van der Waals surface area contributed by atoms with E-state index in [1.165, 1.54) is 80.7 Å². The Morgan fingerprint density at radius 1 is 0.457 bits per heavy atom. The number of hydrogen-bond donors (Lipinski definition) is 0. The van der Waals surface area contributed by atoms with Crippen molar-refractivity contribution in [2.45, 2.75) is 19.8 Å². The summed E-state index contributed by atoms with van der Waals surface area (Å²) in [5.41, 5.74) is 8.80. The maximum Gasteiger partial charge on any atom is 0.0623 e. The average Bonchev–Trinajstić information content (AvgIpc) is 3.47. The number of benzene rings is 8. The van der Waals surface area contributed by atoms with Gasteiger partial charge in [0.25, 0.3) is 0 Å². The van der Waals surface area contributed by atoms with Crippen LogP contribution in [0.5, 0.6) is 0 Å². The van der Waals surface area contributed by atoms with E-state index in [4.69, 9.17) is 1.37 Å². The number of fused-ring (bicyclic) bond motifs is 6. The fraction of sp³-hybridized carbons (Fsp3) is 0.0667. The van der Waals surface area contributed by atoms with E-state index in [-0.39, 0.29) is 0 Å². The van der Waals surface area contributed by atoms with Gasteiger partial charge in [-0.2, -0.15) is 0 Å². The molecular weight excluding hydrogens is 573 g/mol. The van der Waals surface area contributed by atoms with Crippen molar-refractivity contribution in [1.82, 2.24) is 0 Å². The van der Waals surface area contributed by atoms with E-state index in [0.717, 1.165) is 10.8 Å². The molecule has 1 aromatic heterocycles. The summed E-state index contributed by atoms with van der Waals surface area (Å²) in [4.78, 5) is 0. The minimum atomic E-state index is 0.514. The van der Waals surface area contributed by atoms with Gasteiger partial charge in [0.15, 0.2) is 0 Å². The molecule has 218 valence electrons. The zero-order valence-corrected chi connectivity index (χ0v) is 26.7. The molecule has 0 radical (unpaired) electrons. The highest BCUT2D eigenvalue weighted by Gasteiger charge is 2.19. The number of hydrogen-bond acceptors (Lipinski definition) is 1.